The van der Waals surface area contributed by atoms with Gasteiger partial charge in [0.1, 0.15) is 0 Å². The third-order valence-corrected chi connectivity index (χ3v) is 3.56. The highest BCUT2D eigenvalue weighted by Crippen LogP contribution is 2.26. The molecule has 7 heteroatoms. The maximum absolute atomic E-state index is 10.9. The number of halogens is 1. The quantitative estimate of drug-likeness (QED) is 0.643. The lowest BCUT2D eigenvalue weighted by Gasteiger charge is -2.13. The highest BCUT2D eigenvalue weighted by Gasteiger charge is 2.17. The Morgan fingerprint density at radius 1 is 1.71 bits per heavy atom. The number of anilines is 1. The molecule has 94 valence electrons. The van der Waals surface area contributed by atoms with Gasteiger partial charge in [0, 0.05) is 28.5 Å². The zero-order chi connectivity index (χ0) is 12.8. The SMILES string of the molecule is CCSCC(C)Nc1ncc(Br)cc1[N+](=O)[O-]. The van der Waals surface area contributed by atoms with Gasteiger partial charge in [-0.05, 0) is 28.6 Å². The van der Waals surface area contributed by atoms with E-state index < -0.39 is 4.92 Å². The van der Waals surface area contributed by atoms with E-state index in [1.165, 1.54) is 6.07 Å². The van der Waals surface area contributed by atoms with E-state index in [4.69, 9.17) is 0 Å². The molecule has 0 aliphatic carbocycles. The molecule has 0 spiro atoms. The van der Waals surface area contributed by atoms with Gasteiger partial charge < -0.3 is 5.32 Å². The lowest BCUT2D eigenvalue weighted by atomic mass is 10.3. The third-order valence-electron chi connectivity index (χ3n) is 1.99. The Hall–Kier alpha value is -0.820. The van der Waals surface area contributed by atoms with Crippen LogP contribution in [-0.2, 0) is 0 Å². The highest BCUT2D eigenvalue weighted by molar-refractivity contribution is 9.10. The summed E-state index contributed by atoms with van der Waals surface area (Å²) < 4.78 is 0.602. The second-order valence-corrected chi connectivity index (χ2v) is 5.72. The van der Waals surface area contributed by atoms with Crippen LogP contribution in [-0.4, -0.2) is 27.5 Å². The van der Waals surface area contributed by atoms with Gasteiger partial charge in [0.05, 0.1) is 4.92 Å². The molecule has 0 fully saturated rings. The number of hydrogen-bond donors (Lipinski definition) is 1. The minimum atomic E-state index is -0.431. The molecule has 0 radical (unpaired) electrons. The molecule has 0 aliphatic heterocycles. The molecule has 1 aromatic rings. The van der Waals surface area contributed by atoms with Crippen LogP contribution in [0.2, 0.25) is 0 Å². The molecule has 5 nitrogen and oxygen atoms in total. The fourth-order valence-electron chi connectivity index (χ4n) is 1.25. The van der Waals surface area contributed by atoms with Crippen molar-refractivity contribution in [2.45, 2.75) is 19.9 Å². The summed E-state index contributed by atoms with van der Waals surface area (Å²) in [6, 6.07) is 1.60. The van der Waals surface area contributed by atoms with Gasteiger partial charge in [0.25, 0.3) is 0 Å². The number of nitrogens with one attached hydrogen (secondary N) is 1. The zero-order valence-corrected chi connectivity index (χ0v) is 12.0. The molecular weight excluding hydrogens is 306 g/mol. The lowest BCUT2D eigenvalue weighted by Crippen LogP contribution is -2.19. The smallest absolute Gasteiger partial charge is 0.312 e. The predicted molar refractivity (Wildman–Crippen MR) is 74.7 cm³/mol. The summed E-state index contributed by atoms with van der Waals surface area (Å²) in [5.74, 6) is 2.25. The molecule has 0 saturated carbocycles. The molecule has 1 unspecified atom stereocenters. The summed E-state index contributed by atoms with van der Waals surface area (Å²) >= 11 is 4.96. The first-order chi connectivity index (χ1) is 8.04. The van der Waals surface area contributed by atoms with Crippen molar-refractivity contribution in [2.24, 2.45) is 0 Å². The van der Waals surface area contributed by atoms with E-state index in [1.54, 1.807) is 18.0 Å². The molecule has 0 saturated heterocycles. The Morgan fingerprint density at radius 2 is 2.41 bits per heavy atom. The number of thioether (sulfide) groups is 1. The maximum Gasteiger partial charge on any atom is 0.312 e. The molecule has 1 heterocycles. The first kappa shape index (κ1) is 14.2. The van der Waals surface area contributed by atoms with E-state index in [0.717, 1.165) is 11.5 Å². The van der Waals surface area contributed by atoms with Crippen molar-refractivity contribution >= 4 is 39.2 Å². The summed E-state index contributed by atoms with van der Waals surface area (Å²) in [6.45, 7) is 4.06. The van der Waals surface area contributed by atoms with E-state index in [1.807, 2.05) is 6.92 Å². The first-order valence-corrected chi connectivity index (χ1v) is 7.13. The minimum Gasteiger partial charge on any atom is -0.361 e. The minimum absolute atomic E-state index is 0.00674. The lowest BCUT2D eigenvalue weighted by molar-refractivity contribution is -0.384. The summed E-state index contributed by atoms with van der Waals surface area (Å²) in [4.78, 5) is 14.5. The van der Waals surface area contributed by atoms with Gasteiger partial charge in [-0.2, -0.15) is 11.8 Å². The van der Waals surface area contributed by atoms with Crippen molar-refractivity contribution in [3.8, 4) is 0 Å². The van der Waals surface area contributed by atoms with Gasteiger partial charge in [-0.1, -0.05) is 6.92 Å². The molecule has 1 aromatic heterocycles. The van der Waals surface area contributed by atoms with Gasteiger partial charge in [0.15, 0.2) is 0 Å². The van der Waals surface area contributed by atoms with Crippen LogP contribution in [0.3, 0.4) is 0 Å². The average Bonchev–Trinajstić information content (AvgIpc) is 2.28. The van der Waals surface area contributed by atoms with Gasteiger partial charge >= 0.3 is 5.69 Å². The molecule has 0 aliphatic rings. The fourth-order valence-corrected chi connectivity index (χ4v) is 2.24. The number of rotatable bonds is 6. The van der Waals surface area contributed by atoms with Crippen LogP contribution in [0.1, 0.15) is 13.8 Å². The standard InChI is InChI=1S/C10H14BrN3O2S/c1-3-17-6-7(2)13-10-9(14(15)16)4-8(11)5-12-10/h4-5,7H,3,6H2,1-2H3,(H,12,13). The third kappa shape index (κ3) is 4.51. The van der Waals surface area contributed by atoms with Crippen LogP contribution >= 0.6 is 27.7 Å². The summed E-state index contributed by atoms with van der Waals surface area (Å²) in [5, 5.41) is 13.9. The van der Waals surface area contributed by atoms with Gasteiger partial charge in [0.2, 0.25) is 5.82 Å². The average molecular weight is 320 g/mol. The monoisotopic (exact) mass is 319 g/mol. The second-order valence-electron chi connectivity index (χ2n) is 3.48. The van der Waals surface area contributed by atoms with Crippen LogP contribution in [0.5, 0.6) is 0 Å². The van der Waals surface area contributed by atoms with Crippen LogP contribution in [0.15, 0.2) is 16.7 Å². The van der Waals surface area contributed by atoms with E-state index in [-0.39, 0.29) is 11.7 Å². The van der Waals surface area contributed by atoms with Crippen molar-refractivity contribution in [1.82, 2.24) is 4.98 Å². The Balaban J connectivity index is 2.79. The molecule has 0 aromatic carbocycles. The number of pyridine rings is 1. The summed E-state index contributed by atoms with van der Waals surface area (Å²) in [6.07, 6.45) is 1.55. The van der Waals surface area contributed by atoms with E-state index in [0.29, 0.717) is 10.3 Å². The van der Waals surface area contributed by atoms with Gasteiger partial charge in [-0.15, -0.1) is 0 Å². The largest absolute Gasteiger partial charge is 0.361 e. The van der Waals surface area contributed by atoms with Crippen molar-refractivity contribution in [3.05, 3.63) is 26.9 Å². The Morgan fingerprint density at radius 3 is 3.00 bits per heavy atom. The van der Waals surface area contributed by atoms with Crippen molar-refractivity contribution in [1.29, 1.82) is 0 Å². The first-order valence-electron chi connectivity index (χ1n) is 5.18. The number of nitrogens with zero attached hydrogens (tertiary/aromatic N) is 2. The molecule has 0 amide bonds. The molecule has 17 heavy (non-hydrogen) atoms. The van der Waals surface area contributed by atoms with Crippen molar-refractivity contribution in [3.63, 3.8) is 0 Å². The van der Waals surface area contributed by atoms with E-state index >= 15 is 0 Å². The zero-order valence-electron chi connectivity index (χ0n) is 9.64. The van der Waals surface area contributed by atoms with Crippen molar-refractivity contribution < 1.29 is 4.92 Å². The normalized spacial score (nSPS) is 12.2. The molecule has 1 rings (SSSR count). The summed E-state index contributed by atoms with van der Waals surface area (Å²) in [5.41, 5.74) is -0.00674. The molecule has 0 bridgehead atoms. The van der Waals surface area contributed by atoms with E-state index in [9.17, 15) is 10.1 Å². The van der Waals surface area contributed by atoms with Gasteiger partial charge in [-0.3, -0.25) is 10.1 Å². The second kappa shape index (κ2) is 6.80. The van der Waals surface area contributed by atoms with Crippen LogP contribution < -0.4 is 5.32 Å². The number of aromatic nitrogens is 1. The number of nitro groups is 1. The Labute approximate surface area is 113 Å². The van der Waals surface area contributed by atoms with Crippen LogP contribution in [0.4, 0.5) is 11.5 Å². The van der Waals surface area contributed by atoms with Crippen LogP contribution in [0.25, 0.3) is 0 Å². The van der Waals surface area contributed by atoms with Gasteiger partial charge in [-0.25, -0.2) is 4.98 Å². The molecule has 1 N–H and O–H groups in total. The Bertz CT molecular complexity index is 403. The van der Waals surface area contributed by atoms with Crippen molar-refractivity contribution in [2.75, 3.05) is 16.8 Å². The predicted octanol–water partition coefficient (Wildman–Crippen LogP) is 3.31. The topological polar surface area (TPSA) is 68.1 Å². The molecular formula is C10H14BrN3O2S. The summed E-state index contributed by atoms with van der Waals surface area (Å²) in [7, 11) is 0. The fraction of sp³-hybridized carbons (Fsp3) is 0.500. The Kier molecular flexibility index (Phi) is 5.70. The molecule has 1 atom stereocenters. The maximum atomic E-state index is 10.9. The van der Waals surface area contributed by atoms with Crippen LogP contribution in [0, 0.1) is 10.1 Å². The highest BCUT2D eigenvalue weighted by atomic mass is 79.9. The number of hydrogen-bond acceptors (Lipinski definition) is 5. The van der Waals surface area contributed by atoms with E-state index in [2.05, 4.69) is 33.2 Å².